The van der Waals surface area contributed by atoms with Crippen molar-refractivity contribution in [1.29, 1.82) is 0 Å². The molecule has 5 nitrogen and oxygen atoms in total. The van der Waals surface area contributed by atoms with Crippen molar-refractivity contribution in [2.45, 2.75) is 44.4 Å². The monoisotopic (exact) mass is 338 g/mol. The average molecular weight is 338 g/mol. The fourth-order valence-electron chi connectivity index (χ4n) is 2.43. The van der Waals surface area contributed by atoms with E-state index in [0.717, 1.165) is 37.7 Å². The van der Waals surface area contributed by atoms with Gasteiger partial charge in [-0.2, -0.15) is 13.2 Å². The van der Waals surface area contributed by atoms with Crippen LogP contribution in [0.5, 0.6) is 5.88 Å². The molecular weight excluding hydrogens is 320 g/mol. The predicted molar refractivity (Wildman–Crippen MR) is 72.3 cm³/mol. The van der Waals surface area contributed by atoms with E-state index >= 15 is 0 Å². The van der Waals surface area contributed by atoms with Crippen LogP contribution in [-0.4, -0.2) is 36.1 Å². The molecule has 1 N–H and O–H groups in total. The van der Waals surface area contributed by atoms with Crippen LogP contribution in [0.1, 0.15) is 26.0 Å². The molecule has 2 unspecified atom stereocenters. The first-order chi connectivity index (χ1) is 10.7. The van der Waals surface area contributed by atoms with E-state index in [9.17, 15) is 17.7 Å². The lowest BCUT2D eigenvalue weighted by Crippen LogP contribution is -2.41. The van der Waals surface area contributed by atoms with Gasteiger partial charge in [0.05, 0.1) is 12.2 Å². The molecule has 3 heterocycles. The highest BCUT2D eigenvalue weighted by atomic mass is 19.4. The quantitative estimate of drug-likeness (QED) is 0.798. The summed E-state index contributed by atoms with van der Waals surface area (Å²) in [6, 6.07) is 2.71. The van der Waals surface area contributed by atoms with Crippen LogP contribution >= 0.6 is 0 Å². The van der Waals surface area contributed by atoms with Gasteiger partial charge < -0.3 is 14.8 Å². The third kappa shape index (κ3) is 5.02. The van der Waals surface area contributed by atoms with E-state index in [4.69, 9.17) is 9.47 Å². The first-order valence-electron chi connectivity index (χ1n) is 7.10. The van der Waals surface area contributed by atoms with Gasteiger partial charge in [0.2, 0.25) is 0 Å². The summed E-state index contributed by atoms with van der Waals surface area (Å²) in [6.07, 6.45) is -2.90. The minimum atomic E-state index is -4.57. The topological polar surface area (TPSA) is 52.6 Å². The van der Waals surface area contributed by atoms with Gasteiger partial charge in [-0.05, 0) is 32.9 Å². The summed E-state index contributed by atoms with van der Waals surface area (Å²) in [6.45, 7) is 5.95. The van der Waals surface area contributed by atoms with Crippen molar-refractivity contribution in [2.75, 3.05) is 13.1 Å². The number of piperidine rings is 1. The maximum atomic E-state index is 11.9. The standard InChI is InChI=1S/C8H15NO2.C6H3F4NO/c1-8(2)10-6-3-4-9-5-7(6)11-8;7-6(8,9)4-2-1-3-5(11-4)12-10/h6-7,9H,3-5H2,1-2H3;1-3H. The van der Waals surface area contributed by atoms with Crippen molar-refractivity contribution in [3.63, 3.8) is 0 Å². The molecule has 2 fully saturated rings. The highest BCUT2D eigenvalue weighted by Crippen LogP contribution is 2.30. The van der Waals surface area contributed by atoms with Crippen molar-refractivity contribution in [2.24, 2.45) is 0 Å². The summed E-state index contributed by atoms with van der Waals surface area (Å²) in [4.78, 5) is 5.88. The Balaban J connectivity index is 0.000000167. The first-order valence-corrected chi connectivity index (χ1v) is 7.10. The van der Waals surface area contributed by atoms with Gasteiger partial charge in [-0.3, -0.25) is 4.94 Å². The van der Waals surface area contributed by atoms with E-state index < -0.39 is 17.8 Å². The minimum absolute atomic E-state index is 0.277. The SMILES string of the molecule is CC1(C)OC2CCNCC2O1.FOc1cccc(C(F)(F)F)n1. The van der Waals surface area contributed by atoms with Crippen molar-refractivity contribution in [3.05, 3.63) is 23.9 Å². The van der Waals surface area contributed by atoms with Crippen LogP contribution in [0.2, 0.25) is 0 Å². The number of alkyl halides is 3. The molecule has 0 aromatic carbocycles. The molecule has 0 spiro atoms. The fourth-order valence-corrected chi connectivity index (χ4v) is 2.43. The fraction of sp³-hybridized carbons (Fsp3) is 0.643. The summed E-state index contributed by atoms with van der Waals surface area (Å²) in [5, 5.41) is 3.29. The summed E-state index contributed by atoms with van der Waals surface area (Å²) in [5.74, 6) is -1.06. The Morgan fingerprint density at radius 1 is 1.26 bits per heavy atom. The van der Waals surface area contributed by atoms with Crippen molar-refractivity contribution >= 4 is 0 Å². The molecular formula is C14H18F4N2O3. The molecule has 2 atom stereocenters. The van der Waals surface area contributed by atoms with Gasteiger partial charge in [-0.1, -0.05) is 6.07 Å². The lowest BCUT2D eigenvalue weighted by atomic mass is 10.1. The molecule has 2 saturated heterocycles. The number of aromatic nitrogens is 1. The van der Waals surface area contributed by atoms with Crippen molar-refractivity contribution < 1.29 is 32.1 Å². The van der Waals surface area contributed by atoms with Crippen LogP contribution < -0.4 is 10.3 Å². The Kier molecular flexibility index (Phi) is 5.43. The van der Waals surface area contributed by atoms with Gasteiger partial charge in [-0.25, -0.2) is 4.98 Å². The third-order valence-electron chi connectivity index (χ3n) is 3.33. The molecule has 1 aromatic heterocycles. The molecule has 0 saturated carbocycles. The molecule has 23 heavy (non-hydrogen) atoms. The van der Waals surface area contributed by atoms with Crippen molar-refractivity contribution in [1.82, 2.24) is 10.3 Å². The van der Waals surface area contributed by atoms with E-state index in [-0.39, 0.29) is 11.9 Å². The van der Waals surface area contributed by atoms with Gasteiger partial charge in [0, 0.05) is 17.1 Å². The van der Waals surface area contributed by atoms with Gasteiger partial charge in [0.15, 0.2) is 5.79 Å². The van der Waals surface area contributed by atoms with Crippen LogP contribution in [0.3, 0.4) is 0 Å². The molecule has 0 radical (unpaired) electrons. The second-order valence-corrected chi connectivity index (χ2v) is 5.64. The second kappa shape index (κ2) is 6.98. The maximum absolute atomic E-state index is 11.9. The Morgan fingerprint density at radius 2 is 1.96 bits per heavy atom. The summed E-state index contributed by atoms with van der Waals surface area (Å²) < 4.78 is 58.3. The number of hydrogen-bond acceptors (Lipinski definition) is 5. The van der Waals surface area contributed by atoms with Crippen LogP contribution in [0, 0.1) is 0 Å². The molecule has 1 aromatic rings. The average Bonchev–Trinajstić information content (AvgIpc) is 2.80. The Bertz CT molecular complexity index is 509. The largest absolute Gasteiger partial charge is 0.433 e. The number of ether oxygens (including phenoxy) is 2. The molecule has 9 heteroatoms. The maximum Gasteiger partial charge on any atom is 0.433 e. The number of hydrogen-bond donors (Lipinski definition) is 1. The van der Waals surface area contributed by atoms with Gasteiger partial charge >= 0.3 is 6.18 Å². The van der Waals surface area contributed by atoms with Crippen LogP contribution in [0.4, 0.5) is 17.7 Å². The Hall–Kier alpha value is -1.45. The van der Waals surface area contributed by atoms with E-state index in [1.165, 1.54) is 0 Å². The number of fused-ring (bicyclic) bond motifs is 1. The summed E-state index contributed by atoms with van der Waals surface area (Å²) in [7, 11) is 0. The number of rotatable bonds is 1. The molecule has 2 aliphatic rings. The number of pyridine rings is 1. The lowest BCUT2D eigenvalue weighted by Gasteiger charge is -2.22. The number of nitrogens with one attached hydrogen (secondary N) is 1. The molecule has 0 aliphatic carbocycles. The van der Waals surface area contributed by atoms with Gasteiger partial charge in [0.1, 0.15) is 5.69 Å². The van der Waals surface area contributed by atoms with Crippen LogP contribution in [-0.2, 0) is 15.7 Å². The van der Waals surface area contributed by atoms with E-state index in [2.05, 4.69) is 15.2 Å². The smallest absolute Gasteiger partial charge is 0.344 e. The van der Waals surface area contributed by atoms with E-state index in [0.29, 0.717) is 6.10 Å². The van der Waals surface area contributed by atoms with E-state index in [1.807, 2.05) is 13.8 Å². The van der Waals surface area contributed by atoms with Crippen LogP contribution in [0.15, 0.2) is 18.2 Å². The zero-order valence-electron chi connectivity index (χ0n) is 12.7. The van der Waals surface area contributed by atoms with Crippen LogP contribution in [0.25, 0.3) is 0 Å². The Labute approximate surface area is 130 Å². The zero-order chi connectivity index (χ0) is 17.1. The zero-order valence-corrected chi connectivity index (χ0v) is 12.7. The van der Waals surface area contributed by atoms with Gasteiger partial charge in [-0.15, -0.1) is 0 Å². The third-order valence-corrected chi connectivity index (χ3v) is 3.33. The molecule has 2 aliphatic heterocycles. The highest BCUT2D eigenvalue weighted by molar-refractivity contribution is 5.17. The molecule has 0 amide bonds. The second-order valence-electron chi connectivity index (χ2n) is 5.64. The molecule has 0 bridgehead atoms. The molecule has 130 valence electrons. The predicted octanol–water partition coefficient (Wildman–Crippen LogP) is 2.86. The van der Waals surface area contributed by atoms with Gasteiger partial charge in [0.25, 0.3) is 5.88 Å². The van der Waals surface area contributed by atoms with Crippen molar-refractivity contribution in [3.8, 4) is 5.88 Å². The van der Waals surface area contributed by atoms with E-state index in [1.54, 1.807) is 0 Å². The summed E-state index contributed by atoms with van der Waals surface area (Å²) >= 11 is 0. The molecule has 3 rings (SSSR count). The lowest BCUT2D eigenvalue weighted by molar-refractivity contribution is -0.144. The summed E-state index contributed by atoms with van der Waals surface area (Å²) in [5.41, 5.74) is -1.18. The highest BCUT2D eigenvalue weighted by Gasteiger charge is 2.42. The number of nitrogens with zero attached hydrogens (tertiary/aromatic N) is 1. The Morgan fingerprint density at radius 3 is 2.57 bits per heavy atom. The normalized spacial score (nSPS) is 26.0. The minimum Gasteiger partial charge on any atom is -0.344 e. The first kappa shape index (κ1) is 17.9. The number of halogens is 4.